The molecule has 0 atom stereocenters. The molecule has 0 bridgehead atoms. The molecule has 0 unspecified atom stereocenters. The first-order valence-corrected chi connectivity index (χ1v) is 6.77. The second kappa shape index (κ2) is 4.62. The highest BCUT2D eigenvalue weighted by atomic mass is 16.5. The van der Waals surface area contributed by atoms with Gasteiger partial charge in [0.1, 0.15) is 17.1 Å². The van der Waals surface area contributed by atoms with Crippen LogP contribution < -0.4 is 9.47 Å². The van der Waals surface area contributed by atoms with Crippen LogP contribution in [-0.2, 0) is 0 Å². The van der Waals surface area contributed by atoms with E-state index in [1.165, 1.54) is 19.3 Å². The quantitative estimate of drug-likeness (QED) is 0.768. The lowest BCUT2D eigenvalue weighted by atomic mass is 9.81. The van der Waals surface area contributed by atoms with Crippen molar-refractivity contribution in [3.05, 3.63) is 29.8 Å². The predicted molar refractivity (Wildman–Crippen MR) is 73.0 cm³/mol. The van der Waals surface area contributed by atoms with Crippen molar-refractivity contribution in [2.24, 2.45) is 0 Å². The first-order chi connectivity index (χ1) is 9.26. The van der Waals surface area contributed by atoms with Crippen molar-refractivity contribution in [1.29, 1.82) is 5.26 Å². The van der Waals surface area contributed by atoms with E-state index < -0.39 is 0 Å². The summed E-state index contributed by atoms with van der Waals surface area (Å²) in [6.07, 6.45) is 7.62. The van der Waals surface area contributed by atoms with E-state index in [2.05, 4.69) is 6.07 Å². The molecule has 0 amide bonds. The molecule has 1 saturated carbocycles. The largest absolute Gasteiger partial charge is 0.497 e. The molecular formula is C16H17NO2. The van der Waals surface area contributed by atoms with Gasteiger partial charge in [0.25, 0.3) is 0 Å². The van der Waals surface area contributed by atoms with Gasteiger partial charge in [-0.25, -0.2) is 0 Å². The number of fused-ring (bicyclic) bond motifs is 1. The molecule has 1 heterocycles. The molecular weight excluding hydrogens is 238 g/mol. The van der Waals surface area contributed by atoms with Gasteiger partial charge in [-0.2, -0.15) is 5.26 Å². The number of nitriles is 1. The summed E-state index contributed by atoms with van der Waals surface area (Å²) in [6.45, 7) is 0. The summed E-state index contributed by atoms with van der Waals surface area (Å²) in [7, 11) is 1.63. The standard InChI is InChI=1S/C16H17NO2/c1-18-13-5-6-15-14(9-13)12(11-17)10-16(19-15)7-3-2-4-8-16/h5-6,9-10H,2-4,7-8H2,1H3. The molecule has 0 saturated heterocycles. The van der Waals surface area contributed by atoms with E-state index in [4.69, 9.17) is 9.47 Å². The molecule has 1 aliphatic carbocycles. The van der Waals surface area contributed by atoms with Crippen molar-refractivity contribution in [2.75, 3.05) is 7.11 Å². The van der Waals surface area contributed by atoms with Gasteiger partial charge in [0.15, 0.2) is 0 Å². The molecule has 0 N–H and O–H groups in total. The maximum absolute atomic E-state index is 9.40. The Bertz CT molecular complexity index is 563. The van der Waals surface area contributed by atoms with E-state index in [0.29, 0.717) is 5.57 Å². The van der Waals surface area contributed by atoms with Crippen LogP contribution in [-0.4, -0.2) is 12.7 Å². The summed E-state index contributed by atoms with van der Waals surface area (Å²) < 4.78 is 11.4. The lowest BCUT2D eigenvalue weighted by Gasteiger charge is -2.38. The van der Waals surface area contributed by atoms with E-state index in [1.807, 2.05) is 24.3 Å². The molecule has 0 radical (unpaired) electrons. The zero-order chi connectivity index (χ0) is 13.3. The monoisotopic (exact) mass is 255 g/mol. The minimum atomic E-state index is -0.259. The van der Waals surface area contributed by atoms with Crippen LogP contribution in [0.4, 0.5) is 0 Å². The fourth-order valence-corrected chi connectivity index (χ4v) is 3.01. The summed E-state index contributed by atoms with van der Waals surface area (Å²) in [6, 6.07) is 7.98. The third-order valence-electron chi connectivity index (χ3n) is 4.02. The molecule has 0 aromatic heterocycles. The normalized spacial score (nSPS) is 19.9. The van der Waals surface area contributed by atoms with Crippen molar-refractivity contribution in [2.45, 2.75) is 37.7 Å². The van der Waals surface area contributed by atoms with Crippen LogP contribution in [0.25, 0.3) is 5.57 Å². The van der Waals surface area contributed by atoms with Gasteiger partial charge in [-0.05, 0) is 50.0 Å². The third kappa shape index (κ3) is 2.08. The molecule has 2 aliphatic rings. The number of hydrogen-bond acceptors (Lipinski definition) is 3. The van der Waals surface area contributed by atoms with Gasteiger partial charge in [0, 0.05) is 5.56 Å². The van der Waals surface area contributed by atoms with Gasteiger partial charge in [-0.1, -0.05) is 6.42 Å². The van der Waals surface area contributed by atoms with Gasteiger partial charge in [0.2, 0.25) is 0 Å². The topological polar surface area (TPSA) is 42.2 Å². The highest BCUT2D eigenvalue weighted by Crippen LogP contribution is 2.43. The number of nitrogens with zero attached hydrogens (tertiary/aromatic N) is 1. The maximum Gasteiger partial charge on any atom is 0.129 e. The Morgan fingerprint density at radius 1 is 1.26 bits per heavy atom. The molecule has 1 aromatic rings. The molecule has 98 valence electrons. The minimum Gasteiger partial charge on any atom is -0.497 e. The van der Waals surface area contributed by atoms with Crippen molar-refractivity contribution < 1.29 is 9.47 Å². The van der Waals surface area contributed by atoms with Crippen molar-refractivity contribution in [1.82, 2.24) is 0 Å². The zero-order valence-corrected chi connectivity index (χ0v) is 11.1. The zero-order valence-electron chi connectivity index (χ0n) is 11.1. The number of allylic oxidation sites excluding steroid dienone is 1. The average Bonchev–Trinajstić information content (AvgIpc) is 2.47. The summed E-state index contributed by atoms with van der Waals surface area (Å²) >= 11 is 0. The van der Waals surface area contributed by atoms with Crippen LogP contribution in [0.5, 0.6) is 11.5 Å². The van der Waals surface area contributed by atoms with E-state index in [0.717, 1.165) is 29.9 Å². The Kier molecular flexibility index (Phi) is 2.94. The summed E-state index contributed by atoms with van der Waals surface area (Å²) in [5.41, 5.74) is 1.30. The number of methoxy groups -OCH3 is 1. The lowest BCUT2D eigenvalue weighted by Crippen LogP contribution is -2.38. The van der Waals surface area contributed by atoms with E-state index in [-0.39, 0.29) is 5.60 Å². The Morgan fingerprint density at radius 2 is 2.05 bits per heavy atom. The smallest absolute Gasteiger partial charge is 0.129 e. The molecule has 3 nitrogen and oxygen atoms in total. The van der Waals surface area contributed by atoms with Crippen LogP contribution in [0, 0.1) is 11.3 Å². The summed E-state index contributed by atoms with van der Waals surface area (Å²) in [5, 5.41) is 9.40. The van der Waals surface area contributed by atoms with Crippen LogP contribution in [0.1, 0.15) is 37.7 Å². The van der Waals surface area contributed by atoms with Crippen LogP contribution in [0.2, 0.25) is 0 Å². The van der Waals surface area contributed by atoms with Crippen molar-refractivity contribution >= 4 is 5.57 Å². The van der Waals surface area contributed by atoms with Gasteiger partial charge in [-0.3, -0.25) is 0 Å². The molecule has 1 spiro atoms. The van der Waals surface area contributed by atoms with Gasteiger partial charge in [0.05, 0.1) is 18.8 Å². The van der Waals surface area contributed by atoms with Crippen LogP contribution >= 0.6 is 0 Å². The number of ether oxygens (including phenoxy) is 2. The van der Waals surface area contributed by atoms with E-state index in [9.17, 15) is 5.26 Å². The summed E-state index contributed by atoms with van der Waals surface area (Å²) in [5.74, 6) is 1.56. The summed E-state index contributed by atoms with van der Waals surface area (Å²) in [4.78, 5) is 0. The van der Waals surface area contributed by atoms with Gasteiger partial charge >= 0.3 is 0 Å². The first kappa shape index (κ1) is 12.1. The Hall–Kier alpha value is -1.95. The lowest BCUT2D eigenvalue weighted by molar-refractivity contribution is 0.0747. The second-order valence-corrected chi connectivity index (χ2v) is 5.26. The van der Waals surface area contributed by atoms with Crippen LogP contribution in [0.3, 0.4) is 0 Å². The number of benzene rings is 1. The Balaban J connectivity index is 2.05. The first-order valence-electron chi connectivity index (χ1n) is 6.77. The van der Waals surface area contributed by atoms with E-state index >= 15 is 0 Å². The molecule has 1 aromatic carbocycles. The number of hydrogen-bond donors (Lipinski definition) is 0. The highest BCUT2D eigenvalue weighted by molar-refractivity contribution is 5.83. The third-order valence-corrected chi connectivity index (χ3v) is 4.02. The Morgan fingerprint density at radius 3 is 2.74 bits per heavy atom. The molecule has 1 aliphatic heterocycles. The van der Waals surface area contributed by atoms with E-state index in [1.54, 1.807) is 7.11 Å². The predicted octanol–water partition coefficient (Wildman–Crippen LogP) is 3.70. The van der Waals surface area contributed by atoms with Crippen molar-refractivity contribution in [3.8, 4) is 17.6 Å². The molecule has 19 heavy (non-hydrogen) atoms. The average molecular weight is 255 g/mol. The van der Waals surface area contributed by atoms with Gasteiger partial charge < -0.3 is 9.47 Å². The Labute approximate surface area is 113 Å². The molecule has 3 heteroatoms. The van der Waals surface area contributed by atoms with Crippen molar-refractivity contribution in [3.63, 3.8) is 0 Å². The highest BCUT2D eigenvalue weighted by Gasteiger charge is 2.36. The fourth-order valence-electron chi connectivity index (χ4n) is 3.01. The molecule has 3 rings (SSSR count). The second-order valence-electron chi connectivity index (χ2n) is 5.26. The maximum atomic E-state index is 9.40. The van der Waals surface area contributed by atoms with Gasteiger partial charge in [-0.15, -0.1) is 0 Å². The molecule has 1 fully saturated rings. The number of rotatable bonds is 1. The minimum absolute atomic E-state index is 0.259. The van der Waals surface area contributed by atoms with Crippen LogP contribution in [0.15, 0.2) is 24.3 Å². The SMILES string of the molecule is COc1ccc2c(c1)C(C#N)=CC1(CCCCC1)O2. The fraction of sp³-hybridized carbons (Fsp3) is 0.438.